The number of Topliss-reactive ketones (excluding diaryl/α,β-unsaturated/α-hetero) is 1. The minimum absolute atomic E-state index is 0.0247. The maximum atomic E-state index is 13.4. The summed E-state index contributed by atoms with van der Waals surface area (Å²) in [5.41, 5.74) is 0.820. The highest BCUT2D eigenvalue weighted by Gasteiger charge is 2.30. The van der Waals surface area contributed by atoms with Crippen molar-refractivity contribution in [2.24, 2.45) is 0 Å². The van der Waals surface area contributed by atoms with Gasteiger partial charge in [-0.2, -0.15) is 0 Å². The summed E-state index contributed by atoms with van der Waals surface area (Å²) in [7, 11) is 1.53. The van der Waals surface area contributed by atoms with Crippen molar-refractivity contribution >= 4 is 23.7 Å². The lowest BCUT2D eigenvalue weighted by atomic mass is 9.84. The van der Waals surface area contributed by atoms with Crippen LogP contribution in [0.3, 0.4) is 0 Å². The first kappa shape index (κ1) is 29.3. The van der Waals surface area contributed by atoms with Crippen molar-refractivity contribution in [3.05, 3.63) is 58.7 Å². The Bertz CT molecular complexity index is 1260. The number of cyclic esters (lactones) is 1. The highest BCUT2D eigenvalue weighted by molar-refractivity contribution is 5.98. The number of aromatic hydroxyl groups is 2. The van der Waals surface area contributed by atoms with Crippen LogP contribution in [0.25, 0.3) is 6.08 Å². The average Bonchev–Trinajstić information content (AvgIpc) is 2.90. The van der Waals surface area contributed by atoms with E-state index in [0.29, 0.717) is 49.8 Å². The molecule has 0 fully saturated rings. The Labute approximate surface area is 229 Å². The second kappa shape index (κ2) is 14.1. The van der Waals surface area contributed by atoms with Crippen LogP contribution >= 0.6 is 0 Å². The van der Waals surface area contributed by atoms with Crippen LogP contribution in [0.2, 0.25) is 0 Å². The number of benzene rings is 2. The van der Waals surface area contributed by atoms with Gasteiger partial charge in [0.25, 0.3) is 0 Å². The molecule has 2 atom stereocenters. The zero-order chi connectivity index (χ0) is 28.4. The Morgan fingerprint density at radius 3 is 2.62 bits per heavy atom. The number of allylic oxidation sites excluding steroid dienone is 1. The summed E-state index contributed by atoms with van der Waals surface area (Å²) in [6.07, 6.45) is 11.3. The van der Waals surface area contributed by atoms with E-state index in [4.69, 9.17) is 15.9 Å². The SMILES string of the molecule is C#CCNC(=O)CC(c1ccc(OC)cc1)c1c(O)cc2c(c1O)C(=O)O[C@@H](C)CCCC(=O)CCCC=C2. The van der Waals surface area contributed by atoms with Gasteiger partial charge in [-0.25, -0.2) is 4.79 Å². The van der Waals surface area contributed by atoms with Gasteiger partial charge >= 0.3 is 5.97 Å². The van der Waals surface area contributed by atoms with Crippen LogP contribution in [0.5, 0.6) is 17.2 Å². The monoisotopic (exact) mass is 533 g/mol. The number of methoxy groups -OCH3 is 1. The quantitative estimate of drug-likeness (QED) is 0.358. The summed E-state index contributed by atoms with van der Waals surface area (Å²) in [6.45, 7) is 1.76. The van der Waals surface area contributed by atoms with Crippen LogP contribution in [0.15, 0.2) is 36.4 Å². The maximum Gasteiger partial charge on any atom is 0.342 e. The fourth-order valence-electron chi connectivity index (χ4n) is 4.65. The van der Waals surface area contributed by atoms with Gasteiger partial charge in [-0.1, -0.05) is 30.2 Å². The molecule has 1 aliphatic rings. The first-order valence-corrected chi connectivity index (χ1v) is 13.1. The summed E-state index contributed by atoms with van der Waals surface area (Å²) < 4.78 is 10.9. The Balaban J connectivity index is 2.12. The summed E-state index contributed by atoms with van der Waals surface area (Å²) in [5, 5.41) is 25.3. The van der Waals surface area contributed by atoms with Gasteiger partial charge in [0.2, 0.25) is 5.91 Å². The molecule has 206 valence electrons. The summed E-state index contributed by atoms with van der Waals surface area (Å²) >= 11 is 0. The number of esters is 1. The lowest BCUT2D eigenvalue weighted by molar-refractivity contribution is -0.121. The number of ether oxygens (including phenoxy) is 2. The molecule has 8 nitrogen and oxygen atoms in total. The van der Waals surface area contributed by atoms with Crippen LogP contribution in [-0.2, 0) is 14.3 Å². The van der Waals surface area contributed by atoms with Gasteiger partial charge in [0.05, 0.1) is 19.8 Å². The smallest absolute Gasteiger partial charge is 0.342 e. The van der Waals surface area contributed by atoms with Gasteiger partial charge in [-0.3, -0.25) is 9.59 Å². The highest BCUT2D eigenvalue weighted by Crippen LogP contribution is 2.44. The third-order valence-corrected chi connectivity index (χ3v) is 6.69. The minimum Gasteiger partial charge on any atom is -0.507 e. The molecule has 3 N–H and O–H groups in total. The van der Waals surface area contributed by atoms with E-state index in [-0.39, 0.29) is 41.2 Å². The standard InChI is InChI=1S/C31H35NO7/c1-4-17-32-27(35)19-25(21-13-15-24(38-3)16-14-21)29-26(34)18-22-10-6-5-7-11-23(33)12-8-9-20(2)39-31(37)28(22)30(29)36/h1,6,10,13-16,18,20,25,34,36H,5,7-9,11-12,17,19H2,2-3H3,(H,32,35)/t20-,25?/m0/s1. The predicted octanol–water partition coefficient (Wildman–Crippen LogP) is 4.86. The molecule has 2 aromatic carbocycles. The van der Waals surface area contributed by atoms with E-state index in [9.17, 15) is 24.6 Å². The van der Waals surface area contributed by atoms with E-state index in [1.54, 1.807) is 43.3 Å². The number of rotatable bonds is 6. The molecule has 0 aliphatic carbocycles. The number of phenolic OH excluding ortho intramolecular Hbond substituents is 2. The molecule has 1 unspecified atom stereocenters. The maximum absolute atomic E-state index is 13.4. The number of ketones is 1. The van der Waals surface area contributed by atoms with E-state index in [1.807, 2.05) is 0 Å². The number of amides is 1. The fourth-order valence-corrected chi connectivity index (χ4v) is 4.65. The topological polar surface area (TPSA) is 122 Å². The molecule has 8 heteroatoms. The molecule has 0 bridgehead atoms. The van der Waals surface area contributed by atoms with Crippen molar-refractivity contribution in [1.82, 2.24) is 5.32 Å². The summed E-state index contributed by atoms with van der Waals surface area (Å²) in [5.74, 6) is 0.424. The van der Waals surface area contributed by atoms with E-state index >= 15 is 0 Å². The fraction of sp³-hybridized carbons (Fsp3) is 0.387. The van der Waals surface area contributed by atoms with Crippen molar-refractivity contribution in [2.75, 3.05) is 13.7 Å². The normalized spacial score (nSPS) is 17.2. The van der Waals surface area contributed by atoms with Crippen molar-refractivity contribution in [3.8, 4) is 29.6 Å². The second-order valence-electron chi connectivity index (χ2n) is 9.57. The van der Waals surface area contributed by atoms with Gasteiger partial charge in [-0.15, -0.1) is 6.42 Å². The van der Waals surface area contributed by atoms with Gasteiger partial charge in [0.15, 0.2) is 0 Å². The third kappa shape index (κ3) is 7.87. The number of fused-ring (bicyclic) bond motifs is 1. The molecule has 1 aliphatic heterocycles. The molecule has 3 rings (SSSR count). The molecule has 1 amide bonds. The van der Waals surface area contributed by atoms with E-state index in [1.165, 1.54) is 13.2 Å². The van der Waals surface area contributed by atoms with Crippen LogP contribution in [-0.4, -0.2) is 47.6 Å². The number of hydrogen-bond acceptors (Lipinski definition) is 7. The molecule has 2 aromatic rings. The van der Waals surface area contributed by atoms with E-state index in [2.05, 4.69) is 11.2 Å². The Kier molecular flexibility index (Phi) is 10.6. The van der Waals surface area contributed by atoms with Crippen molar-refractivity contribution in [3.63, 3.8) is 0 Å². The Morgan fingerprint density at radius 1 is 1.21 bits per heavy atom. The summed E-state index contributed by atoms with van der Waals surface area (Å²) in [4.78, 5) is 38.1. The lowest BCUT2D eigenvalue weighted by Gasteiger charge is -2.23. The third-order valence-electron chi connectivity index (χ3n) is 6.69. The molecule has 0 saturated carbocycles. The molecule has 0 aromatic heterocycles. The number of nitrogens with one attached hydrogen (secondary N) is 1. The van der Waals surface area contributed by atoms with Crippen LogP contribution < -0.4 is 10.1 Å². The van der Waals surface area contributed by atoms with Crippen molar-refractivity contribution in [1.29, 1.82) is 0 Å². The van der Waals surface area contributed by atoms with Gasteiger partial charge in [0, 0.05) is 30.7 Å². The number of terminal acetylenes is 1. The van der Waals surface area contributed by atoms with E-state index < -0.39 is 29.6 Å². The largest absolute Gasteiger partial charge is 0.507 e. The number of carbonyl (C=O) groups is 3. The van der Waals surface area contributed by atoms with Crippen LogP contribution in [0, 0.1) is 12.3 Å². The number of phenols is 2. The average molecular weight is 534 g/mol. The highest BCUT2D eigenvalue weighted by atomic mass is 16.5. The Hall–Kier alpha value is -4.25. The zero-order valence-corrected chi connectivity index (χ0v) is 22.4. The Morgan fingerprint density at radius 2 is 1.92 bits per heavy atom. The predicted molar refractivity (Wildman–Crippen MR) is 148 cm³/mol. The molecule has 39 heavy (non-hydrogen) atoms. The van der Waals surface area contributed by atoms with Gasteiger partial charge in [0.1, 0.15) is 28.6 Å². The van der Waals surface area contributed by atoms with Crippen LogP contribution in [0.1, 0.15) is 84.8 Å². The zero-order valence-electron chi connectivity index (χ0n) is 22.4. The van der Waals surface area contributed by atoms with E-state index in [0.717, 1.165) is 0 Å². The molecule has 0 spiro atoms. The first-order valence-electron chi connectivity index (χ1n) is 13.1. The first-order chi connectivity index (χ1) is 18.7. The van der Waals surface area contributed by atoms with Gasteiger partial charge < -0.3 is 25.0 Å². The second-order valence-corrected chi connectivity index (χ2v) is 9.57. The van der Waals surface area contributed by atoms with Crippen molar-refractivity contribution in [2.45, 2.75) is 63.9 Å². The minimum atomic E-state index is -0.813. The van der Waals surface area contributed by atoms with Gasteiger partial charge in [-0.05, 0) is 61.9 Å². The molecular weight excluding hydrogens is 498 g/mol. The molecule has 0 saturated heterocycles. The molecular formula is C31H35NO7. The number of hydrogen-bond donors (Lipinski definition) is 3. The molecule has 1 heterocycles. The van der Waals surface area contributed by atoms with Crippen molar-refractivity contribution < 1.29 is 34.1 Å². The summed E-state index contributed by atoms with van der Waals surface area (Å²) in [6, 6.07) is 8.26. The lowest BCUT2D eigenvalue weighted by Crippen LogP contribution is -2.26. The van der Waals surface area contributed by atoms with Crippen LogP contribution in [0.4, 0.5) is 0 Å². The number of carbonyl (C=O) groups excluding carboxylic acids is 3. The molecule has 0 radical (unpaired) electrons.